The summed E-state index contributed by atoms with van der Waals surface area (Å²) in [6.45, 7) is 0. The Morgan fingerprint density at radius 3 is 2.65 bits per heavy atom. The second kappa shape index (κ2) is 5.94. The van der Waals surface area contributed by atoms with Gasteiger partial charge >= 0.3 is 0 Å². The smallest absolute Gasteiger partial charge is 0.300 e. The molecule has 1 aliphatic rings. The van der Waals surface area contributed by atoms with Crippen LogP contribution in [-0.4, -0.2) is 25.4 Å². The third-order valence-electron chi connectivity index (χ3n) is 3.23. The van der Waals surface area contributed by atoms with E-state index >= 15 is 0 Å². The van der Waals surface area contributed by atoms with Gasteiger partial charge in [0.1, 0.15) is 4.21 Å². The summed E-state index contributed by atoms with van der Waals surface area (Å²) in [5.41, 5.74) is 5.49. The number of hydrogen-bond donors (Lipinski definition) is 2. The van der Waals surface area contributed by atoms with Gasteiger partial charge in [0.05, 0.1) is 4.92 Å². The van der Waals surface area contributed by atoms with Gasteiger partial charge in [0.15, 0.2) is 4.34 Å². The van der Waals surface area contributed by atoms with E-state index in [1.54, 1.807) is 0 Å². The molecule has 7 nitrogen and oxygen atoms in total. The van der Waals surface area contributed by atoms with Crippen LogP contribution >= 0.6 is 22.9 Å². The molecule has 1 aliphatic carbocycles. The molecule has 20 heavy (non-hydrogen) atoms. The van der Waals surface area contributed by atoms with Crippen LogP contribution in [0.3, 0.4) is 0 Å². The first-order valence-electron chi connectivity index (χ1n) is 6.03. The number of thiophene rings is 1. The van der Waals surface area contributed by atoms with Crippen LogP contribution in [0.15, 0.2) is 10.3 Å². The van der Waals surface area contributed by atoms with Crippen LogP contribution in [0.1, 0.15) is 25.7 Å². The van der Waals surface area contributed by atoms with Crippen molar-refractivity contribution in [1.82, 2.24) is 4.72 Å². The lowest BCUT2D eigenvalue weighted by Gasteiger charge is -2.28. The summed E-state index contributed by atoms with van der Waals surface area (Å²) in [7, 11) is -3.83. The van der Waals surface area contributed by atoms with Crippen LogP contribution in [0.2, 0.25) is 4.34 Å². The van der Waals surface area contributed by atoms with Gasteiger partial charge in [0.25, 0.3) is 15.7 Å². The van der Waals surface area contributed by atoms with Crippen molar-refractivity contribution in [2.75, 3.05) is 0 Å². The van der Waals surface area contributed by atoms with Gasteiger partial charge in [-0.25, -0.2) is 13.1 Å². The van der Waals surface area contributed by atoms with Crippen LogP contribution in [0.25, 0.3) is 0 Å². The Labute approximate surface area is 125 Å². The van der Waals surface area contributed by atoms with Gasteiger partial charge in [0, 0.05) is 18.2 Å². The maximum atomic E-state index is 12.2. The third kappa shape index (κ3) is 3.29. The number of nitrogens with zero attached hydrogens (tertiary/aromatic N) is 1. The highest BCUT2D eigenvalue weighted by molar-refractivity contribution is 7.91. The summed E-state index contributed by atoms with van der Waals surface area (Å²) in [6, 6.07) is 0.404. The second-order valence-corrected chi connectivity index (χ2v) is 8.25. The molecule has 1 aromatic rings. The van der Waals surface area contributed by atoms with Crippen molar-refractivity contribution in [2.24, 2.45) is 5.73 Å². The monoisotopic (exact) mass is 339 g/mol. The van der Waals surface area contributed by atoms with Gasteiger partial charge in [-0.05, 0) is 12.8 Å². The maximum Gasteiger partial charge on any atom is 0.300 e. The Balaban J connectivity index is 2.22. The lowest BCUT2D eigenvalue weighted by atomic mass is 9.92. The molecule has 0 aromatic carbocycles. The zero-order chi connectivity index (χ0) is 14.9. The summed E-state index contributed by atoms with van der Waals surface area (Å²) in [5.74, 6) is 0. The minimum absolute atomic E-state index is 0.150. The molecule has 2 atom stereocenters. The molecule has 10 heteroatoms. The Hall–Kier alpha value is -0.740. The molecule has 0 spiro atoms. The highest BCUT2D eigenvalue weighted by Crippen LogP contribution is 2.36. The van der Waals surface area contributed by atoms with Crippen molar-refractivity contribution in [3.63, 3.8) is 0 Å². The number of nitro groups is 1. The highest BCUT2D eigenvalue weighted by atomic mass is 35.5. The number of nitrogens with one attached hydrogen (secondary N) is 1. The molecule has 2 rings (SSSR count). The molecular formula is C10H14ClN3O4S2. The average Bonchev–Trinajstić information content (AvgIpc) is 2.75. The number of sulfonamides is 1. The molecule has 0 amide bonds. The normalized spacial score (nSPS) is 23.7. The largest absolute Gasteiger partial charge is 0.326 e. The zero-order valence-corrected chi connectivity index (χ0v) is 12.8. The zero-order valence-electron chi connectivity index (χ0n) is 10.4. The molecule has 0 bridgehead atoms. The Kier molecular flexibility index (Phi) is 4.65. The minimum Gasteiger partial charge on any atom is -0.326 e. The standard InChI is InChI=1S/C10H14ClN3O4S2/c11-10-8(14(15)16)5-9(19-10)20(17,18)13-7-4-2-1-3-6(7)12/h5-7,13H,1-4,12H2/t6-,7-/m1/s1. The van der Waals surface area contributed by atoms with Crippen LogP contribution in [0.4, 0.5) is 5.69 Å². The summed E-state index contributed by atoms with van der Waals surface area (Å²) < 4.78 is 26.6. The van der Waals surface area contributed by atoms with E-state index in [2.05, 4.69) is 4.72 Å². The van der Waals surface area contributed by atoms with E-state index in [9.17, 15) is 18.5 Å². The molecule has 0 saturated heterocycles. The highest BCUT2D eigenvalue weighted by Gasteiger charge is 2.30. The predicted molar refractivity (Wildman–Crippen MR) is 76.5 cm³/mol. The molecule has 1 aromatic heterocycles. The predicted octanol–water partition coefficient (Wildman–Crippen LogP) is 1.86. The Bertz CT molecular complexity index is 616. The summed E-state index contributed by atoms with van der Waals surface area (Å²) in [4.78, 5) is 9.99. The lowest BCUT2D eigenvalue weighted by molar-refractivity contribution is -0.384. The molecule has 0 unspecified atom stereocenters. The van der Waals surface area contributed by atoms with Gasteiger partial charge in [-0.3, -0.25) is 10.1 Å². The van der Waals surface area contributed by atoms with Gasteiger partial charge in [-0.15, -0.1) is 11.3 Å². The van der Waals surface area contributed by atoms with Crippen molar-refractivity contribution in [3.05, 3.63) is 20.5 Å². The van der Waals surface area contributed by atoms with E-state index in [0.29, 0.717) is 17.8 Å². The molecule has 0 aliphatic heterocycles. The van der Waals surface area contributed by atoms with E-state index in [0.717, 1.165) is 25.3 Å². The number of nitrogens with two attached hydrogens (primary N) is 1. The molecule has 112 valence electrons. The van der Waals surface area contributed by atoms with E-state index in [1.165, 1.54) is 0 Å². The molecule has 3 N–H and O–H groups in total. The number of hydrogen-bond acceptors (Lipinski definition) is 6. The number of halogens is 1. The summed E-state index contributed by atoms with van der Waals surface area (Å²) in [6.07, 6.45) is 3.32. The lowest BCUT2D eigenvalue weighted by Crippen LogP contribution is -2.49. The van der Waals surface area contributed by atoms with E-state index in [4.69, 9.17) is 17.3 Å². The SMILES string of the molecule is N[C@@H]1CCCC[C@H]1NS(=O)(=O)c1cc([N+](=O)[O-])c(Cl)s1. The topological polar surface area (TPSA) is 115 Å². The third-order valence-corrected chi connectivity index (χ3v) is 6.53. The van der Waals surface area contributed by atoms with Crippen molar-refractivity contribution in [1.29, 1.82) is 0 Å². The van der Waals surface area contributed by atoms with Crippen molar-refractivity contribution < 1.29 is 13.3 Å². The first-order valence-corrected chi connectivity index (χ1v) is 8.70. The van der Waals surface area contributed by atoms with E-state index < -0.39 is 20.6 Å². The van der Waals surface area contributed by atoms with Gasteiger partial charge in [-0.2, -0.15) is 0 Å². The van der Waals surface area contributed by atoms with Gasteiger partial charge < -0.3 is 5.73 Å². The first-order chi connectivity index (χ1) is 9.31. The van der Waals surface area contributed by atoms with Crippen molar-refractivity contribution >= 4 is 38.6 Å². The Morgan fingerprint density at radius 2 is 2.10 bits per heavy atom. The molecule has 1 heterocycles. The molecule has 0 radical (unpaired) electrons. The van der Waals surface area contributed by atoms with Crippen LogP contribution in [-0.2, 0) is 10.0 Å². The summed E-state index contributed by atoms with van der Waals surface area (Å²) >= 11 is 6.35. The fourth-order valence-electron chi connectivity index (χ4n) is 2.16. The second-order valence-electron chi connectivity index (χ2n) is 4.66. The van der Waals surface area contributed by atoms with Crippen molar-refractivity contribution in [3.8, 4) is 0 Å². The van der Waals surface area contributed by atoms with Crippen molar-refractivity contribution in [2.45, 2.75) is 42.0 Å². The average molecular weight is 340 g/mol. The van der Waals surface area contributed by atoms with Crippen LogP contribution in [0, 0.1) is 10.1 Å². The van der Waals surface area contributed by atoms with Crippen LogP contribution in [0.5, 0.6) is 0 Å². The van der Waals surface area contributed by atoms with E-state index in [-0.39, 0.29) is 20.6 Å². The first kappa shape index (κ1) is 15.6. The molecule has 1 saturated carbocycles. The number of rotatable bonds is 4. The molecular weight excluding hydrogens is 326 g/mol. The van der Waals surface area contributed by atoms with Crippen LogP contribution < -0.4 is 10.5 Å². The fourth-order valence-corrected chi connectivity index (χ4v) is 5.16. The van der Waals surface area contributed by atoms with E-state index in [1.807, 2.05) is 0 Å². The fraction of sp³-hybridized carbons (Fsp3) is 0.600. The minimum atomic E-state index is -3.83. The Morgan fingerprint density at radius 1 is 1.45 bits per heavy atom. The van der Waals surface area contributed by atoms with Gasteiger partial charge in [0.2, 0.25) is 0 Å². The molecule has 1 fully saturated rings. The maximum absolute atomic E-state index is 12.2. The van der Waals surface area contributed by atoms with Gasteiger partial charge in [-0.1, -0.05) is 24.4 Å². The summed E-state index contributed by atoms with van der Waals surface area (Å²) in [5, 5.41) is 10.7. The quantitative estimate of drug-likeness (QED) is 0.641.